The Morgan fingerprint density at radius 2 is 1.53 bits per heavy atom. The number of nitrogens with zero attached hydrogens (tertiary/aromatic N) is 2. The first-order valence-corrected chi connectivity index (χ1v) is 22.5. The van der Waals surface area contributed by atoms with E-state index in [2.05, 4.69) is 36.2 Å². The van der Waals surface area contributed by atoms with Crippen molar-refractivity contribution in [3.05, 3.63) is 35.9 Å². The van der Waals surface area contributed by atoms with Gasteiger partial charge in [0.2, 0.25) is 23.6 Å². The van der Waals surface area contributed by atoms with Crippen LogP contribution in [0.3, 0.4) is 0 Å². The summed E-state index contributed by atoms with van der Waals surface area (Å²) >= 11 is 0. The van der Waals surface area contributed by atoms with Crippen LogP contribution in [0.15, 0.2) is 40.8 Å². The molecular formula is C42H69N9O10S. The van der Waals surface area contributed by atoms with Crippen molar-refractivity contribution in [3.63, 3.8) is 0 Å². The van der Waals surface area contributed by atoms with E-state index in [1.54, 1.807) is 20.9 Å². The minimum absolute atomic E-state index is 0.0220. The Balaban J connectivity index is 2.24. The topological polar surface area (TPSA) is 279 Å². The summed E-state index contributed by atoms with van der Waals surface area (Å²) in [6.07, 6.45) is 2.93. The quantitative estimate of drug-likeness (QED) is 0.0696. The number of nitrogens with two attached hydrogens (primary N) is 1. The molecule has 1 saturated heterocycles. The maximum atomic E-state index is 14.2. The Hall–Kier alpha value is -5.24. The number of urea groups is 1. The minimum atomic E-state index is -4.43. The van der Waals surface area contributed by atoms with Crippen molar-refractivity contribution in [1.29, 1.82) is 0 Å². The van der Waals surface area contributed by atoms with Gasteiger partial charge in [0, 0.05) is 30.9 Å². The number of carbonyl (C=O) groups excluding carboxylic acids is 6. The molecule has 0 aromatic heterocycles. The Kier molecular flexibility index (Phi) is 19.9. The van der Waals surface area contributed by atoms with Crippen molar-refractivity contribution < 1.29 is 47.1 Å². The molecule has 5 atom stereocenters. The Morgan fingerprint density at radius 1 is 0.919 bits per heavy atom. The number of rotatable bonds is 20. The summed E-state index contributed by atoms with van der Waals surface area (Å²) in [5, 5.41) is 21.9. The average molecular weight is 892 g/mol. The van der Waals surface area contributed by atoms with E-state index >= 15 is 0 Å². The maximum Gasteiger partial charge on any atom is 0.405 e. The molecule has 9 N–H and O–H groups in total. The van der Waals surface area contributed by atoms with Crippen molar-refractivity contribution in [2.45, 2.75) is 142 Å². The number of hydrogen-bond acceptors (Lipinski definition) is 10. The SMILES string of the molecule is C/C(=C\[C@H](C(C)C)N(C)C(=O)[C@@H](NC(=O)[C@H]1CCCCN1C(C)C)C(C)(C)C)C(=O)NS(=O)(=O)c1ccc(NC(=O)[C@H](CCCNC(N)=O)NC(=O)[C@@H](NC(=O)O)C(C)C)cc1. The summed E-state index contributed by atoms with van der Waals surface area (Å²) in [5.41, 5.74) is 4.62. The van der Waals surface area contributed by atoms with Crippen LogP contribution < -0.4 is 37.0 Å². The molecule has 1 fully saturated rings. The molecule has 2 rings (SSSR count). The van der Waals surface area contributed by atoms with Gasteiger partial charge < -0.3 is 42.3 Å². The number of piperidine rings is 1. The molecule has 62 heavy (non-hydrogen) atoms. The number of amides is 8. The molecule has 19 nitrogen and oxygen atoms in total. The first-order chi connectivity index (χ1) is 28.7. The van der Waals surface area contributed by atoms with Crippen molar-refractivity contribution in [2.75, 3.05) is 25.5 Å². The predicted molar refractivity (Wildman–Crippen MR) is 235 cm³/mol. The van der Waals surface area contributed by atoms with Gasteiger partial charge in [-0.15, -0.1) is 0 Å². The second-order valence-corrected chi connectivity index (χ2v) is 19.5. The summed E-state index contributed by atoms with van der Waals surface area (Å²) in [4.78, 5) is 93.3. The van der Waals surface area contributed by atoms with Crippen molar-refractivity contribution in [3.8, 4) is 0 Å². The summed E-state index contributed by atoms with van der Waals surface area (Å²) in [5.74, 6) is -3.63. The second-order valence-electron chi connectivity index (χ2n) is 17.8. The normalized spacial score (nSPS) is 17.0. The van der Waals surface area contributed by atoms with Gasteiger partial charge in [0.15, 0.2) is 0 Å². The van der Waals surface area contributed by atoms with Crippen molar-refractivity contribution >= 4 is 57.4 Å². The van der Waals surface area contributed by atoms with Gasteiger partial charge in [0.05, 0.1) is 17.0 Å². The summed E-state index contributed by atoms with van der Waals surface area (Å²) < 4.78 is 28.8. The highest BCUT2D eigenvalue weighted by Gasteiger charge is 2.40. The lowest BCUT2D eigenvalue weighted by molar-refractivity contribution is -0.142. The Labute approximate surface area is 366 Å². The molecule has 8 amide bonds. The number of nitrogens with one attached hydrogen (secondary N) is 6. The number of anilines is 1. The molecular weight excluding hydrogens is 823 g/mol. The minimum Gasteiger partial charge on any atom is -0.465 e. The fourth-order valence-corrected chi connectivity index (χ4v) is 8.12. The zero-order valence-electron chi connectivity index (χ0n) is 38.0. The number of carbonyl (C=O) groups is 7. The molecule has 348 valence electrons. The van der Waals surface area contributed by atoms with Gasteiger partial charge in [-0.25, -0.2) is 22.7 Å². The molecule has 0 bridgehead atoms. The molecule has 1 heterocycles. The van der Waals surface area contributed by atoms with E-state index < -0.39 is 75.4 Å². The monoisotopic (exact) mass is 891 g/mol. The standard InChI is InChI=1S/C42H69N9O10S/c1-24(2)32(50(11)39(56)34(42(8,9)10)48-37(54)31-16-12-13-22-51(31)26(5)6)23-27(7)35(52)49-62(60,61)29-19-17-28(18-20-29)45-36(53)30(15-14-21-44-40(43)57)46-38(55)33(25(3)4)47-41(58)59/h17-20,23-26,30-34,47H,12-16,21-22H2,1-11H3,(H,45,53)(H,46,55)(H,48,54)(H,49,52)(H,58,59)(H3,43,44,57)/b27-23+/t30-,31+,32+,33-,34+/m0/s1. The average Bonchev–Trinajstić information content (AvgIpc) is 3.17. The first-order valence-electron chi connectivity index (χ1n) is 21.0. The van der Waals surface area contributed by atoms with Gasteiger partial charge in [-0.1, -0.05) is 61.0 Å². The molecule has 0 radical (unpaired) electrons. The molecule has 0 unspecified atom stereocenters. The number of primary amides is 1. The zero-order chi connectivity index (χ0) is 47.3. The molecule has 1 aromatic rings. The van der Waals surface area contributed by atoms with Crippen LogP contribution >= 0.6 is 0 Å². The van der Waals surface area contributed by atoms with Crippen LogP contribution in [0.5, 0.6) is 0 Å². The van der Waals surface area contributed by atoms with Crippen LogP contribution in [0.2, 0.25) is 0 Å². The third-order valence-electron chi connectivity index (χ3n) is 10.7. The maximum absolute atomic E-state index is 14.2. The van der Waals surface area contributed by atoms with E-state index in [0.717, 1.165) is 31.5 Å². The lowest BCUT2D eigenvalue weighted by Gasteiger charge is -2.41. The largest absolute Gasteiger partial charge is 0.465 e. The summed E-state index contributed by atoms with van der Waals surface area (Å²) in [7, 11) is -2.84. The third kappa shape index (κ3) is 15.9. The summed E-state index contributed by atoms with van der Waals surface area (Å²) in [6, 6.07) is 0.0128. The van der Waals surface area contributed by atoms with Crippen LogP contribution in [0, 0.1) is 17.3 Å². The highest BCUT2D eigenvalue weighted by atomic mass is 32.2. The first kappa shape index (κ1) is 52.9. The molecule has 20 heteroatoms. The highest BCUT2D eigenvalue weighted by Crippen LogP contribution is 2.26. The number of likely N-dealkylation sites (tertiary alicyclic amines) is 1. The highest BCUT2D eigenvalue weighted by molar-refractivity contribution is 7.90. The smallest absolute Gasteiger partial charge is 0.405 e. The number of sulfonamides is 1. The second kappa shape index (κ2) is 23.3. The van der Waals surface area contributed by atoms with Crippen LogP contribution in [0.1, 0.15) is 101 Å². The number of hydrogen-bond donors (Lipinski definition) is 8. The van der Waals surface area contributed by atoms with Gasteiger partial charge in [-0.2, -0.15) is 0 Å². The van der Waals surface area contributed by atoms with Gasteiger partial charge in [-0.3, -0.25) is 28.9 Å². The molecule has 1 aliphatic rings. The number of carboxylic acid groups (broad SMARTS) is 1. The number of benzene rings is 1. The molecule has 1 aliphatic heterocycles. The van der Waals surface area contributed by atoms with Crippen LogP contribution in [-0.2, 0) is 34.0 Å². The summed E-state index contributed by atoms with van der Waals surface area (Å²) in [6.45, 7) is 19.0. The van der Waals surface area contributed by atoms with Crippen molar-refractivity contribution in [1.82, 2.24) is 35.8 Å². The van der Waals surface area contributed by atoms with Gasteiger partial charge in [-0.05, 0) is 94.5 Å². The third-order valence-corrected chi connectivity index (χ3v) is 12.0. The van der Waals surface area contributed by atoms with E-state index in [9.17, 15) is 47.1 Å². The van der Waals surface area contributed by atoms with E-state index in [1.165, 1.54) is 30.0 Å². The Bertz CT molecular complexity index is 1900. The lowest BCUT2D eigenvalue weighted by Crippen LogP contribution is -2.60. The Morgan fingerprint density at radius 3 is 2.05 bits per heavy atom. The van der Waals surface area contributed by atoms with Gasteiger partial charge in [0.1, 0.15) is 18.1 Å². The van der Waals surface area contributed by atoms with E-state index in [-0.39, 0.29) is 65.4 Å². The fraction of sp³-hybridized carbons (Fsp3) is 0.643. The fourth-order valence-electron chi connectivity index (χ4n) is 7.10. The lowest BCUT2D eigenvalue weighted by atomic mass is 9.84. The molecule has 0 aliphatic carbocycles. The molecule has 0 spiro atoms. The number of likely N-dealkylation sites (N-methyl/N-ethyl adjacent to an activating group) is 1. The van der Waals surface area contributed by atoms with Crippen molar-refractivity contribution in [2.24, 2.45) is 23.0 Å². The molecule has 0 saturated carbocycles. The van der Waals surface area contributed by atoms with Gasteiger partial charge in [0.25, 0.3) is 15.9 Å². The van der Waals surface area contributed by atoms with E-state index in [0.29, 0.717) is 6.42 Å². The van der Waals surface area contributed by atoms with Crippen LogP contribution in [0.25, 0.3) is 0 Å². The zero-order valence-corrected chi connectivity index (χ0v) is 38.8. The predicted octanol–water partition coefficient (Wildman–Crippen LogP) is 2.88. The van der Waals surface area contributed by atoms with E-state index in [4.69, 9.17) is 5.73 Å². The van der Waals surface area contributed by atoms with Gasteiger partial charge >= 0.3 is 12.1 Å². The van der Waals surface area contributed by atoms with Crippen LogP contribution in [0.4, 0.5) is 15.3 Å². The van der Waals surface area contributed by atoms with E-state index in [1.807, 2.05) is 48.5 Å². The molecule has 1 aromatic carbocycles. The van der Waals surface area contributed by atoms with Crippen LogP contribution in [-0.4, -0.2) is 121 Å².